The summed E-state index contributed by atoms with van der Waals surface area (Å²) in [5.74, 6) is -0.171. The van der Waals surface area contributed by atoms with Crippen LogP contribution in [-0.4, -0.2) is 87.5 Å². The molecule has 1 saturated heterocycles. The van der Waals surface area contributed by atoms with Crippen molar-refractivity contribution in [1.82, 2.24) is 5.32 Å². The molecule has 7 unspecified atom stereocenters. The summed E-state index contributed by atoms with van der Waals surface area (Å²) >= 11 is 0. The molecule has 0 aromatic heterocycles. The summed E-state index contributed by atoms with van der Waals surface area (Å²) in [7, 11) is 0. The monoisotopic (exact) mass is 1130 g/mol. The van der Waals surface area contributed by atoms with Gasteiger partial charge in [0.05, 0.1) is 25.4 Å². The first-order valence-corrected chi connectivity index (χ1v) is 35.2. The molecule has 80 heavy (non-hydrogen) atoms. The van der Waals surface area contributed by atoms with E-state index in [4.69, 9.17) is 9.47 Å². The number of unbranched alkanes of at least 4 members (excludes halogenated alkanes) is 48. The number of ether oxygens (including phenoxy) is 2. The van der Waals surface area contributed by atoms with Gasteiger partial charge < -0.3 is 40.3 Å². The highest BCUT2D eigenvalue weighted by Gasteiger charge is 2.44. The van der Waals surface area contributed by atoms with Gasteiger partial charge in [-0.05, 0) is 51.4 Å². The number of amides is 1. The Morgan fingerprint density at radius 2 is 0.738 bits per heavy atom. The molecule has 0 bridgehead atoms. The number of rotatable bonds is 62. The Balaban J connectivity index is 2.06. The van der Waals surface area contributed by atoms with Crippen molar-refractivity contribution in [1.29, 1.82) is 0 Å². The second kappa shape index (κ2) is 60.5. The standard InChI is InChI=1S/C71H135NO8/c1-3-5-7-9-11-13-15-17-19-21-23-24-25-26-27-28-29-30-31-32-33-34-35-36-37-38-39-40-41-42-43-45-47-49-51-53-55-57-59-61-67(75)72-64(63-79-71-70(78)69(77)68(76)66(62-73)80-71)65(74)60-58-56-54-52-50-48-46-44-22-20-18-16-14-12-10-8-6-4-2/h29-30,32-33,58,60,64-66,68-71,73-74,76-78H,3-28,31,34-57,59,61-63H2,1-2H3,(H,72,75)/b30-29-,33-32-,60-58+. The van der Waals surface area contributed by atoms with Crippen molar-refractivity contribution in [2.45, 2.75) is 397 Å². The fourth-order valence-electron chi connectivity index (χ4n) is 11.4. The fraction of sp³-hybridized carbons (Fsp3) is 0.901. The number of aliphatic hydroxyl groups is 5. The van der Waals surface area contributed by atoms with E-state index in [2.05, 4.69) is 43.5 Å². The first-order valence-electron chi connectivity index (χ1n) is 35.2. The van der Waals surface area contributed by atoms with Gasteiger partial charge in [-0.1, -0.05) is 333 Å². The topological polar surface area (TPSA) is 149 Å². The van der Waals surface area contributed by atoms with Crippen LogP contribution >= 0.6 is 0 Å². The lowest BCUT2D eigenvalue weighted by Crippen LogP contribution is -2.60. The third-order valence-corrected chi connectivity index (χ3v) is 17.0. The molecule has 9 nitrogen and oxygen atoms in total. The quantitative estimate of drug-likeness (QED) is 0.0261. The maximum atomic E-state index is 13.1. The zero-order chi connectivity index (χ0) is 57.9. The fourth-order valence-corrected chi connectivity index (χ4v) is 11.4. The molecule has 1 amide bonds. The minimum absolute atomic E-state index is 0.171. The highest BCUT2D eigenvalue weighted by molar-refractivity contribution is 5.76. The molecule has 6 N–H and O–H groups in total. The molecule has 1 heterocycles. The van der Waals surface area contributed by atoms with Gasteiger partial charge in [0.25, 0.3) is 0 Å². The molecular weight excluding hydrogens is 995 g/mol. The van der Waals surface area contributed by atoms with Gasteiger partial charge in [0.15, 0.2) is 6.29 Å². The van der Waals surface area contributed by atoms with Crippen molar-refractivity contribution in [3.63, 3.8) is 0 Å². The highest BCUT2D eigenvalue weighted by atomic mass is 16.7. The summed E-state index contributed by atoms with van der Waals surface area (Å²) in [5, 5.41) is 54.7. The summed E-state index contributed by atoms with van der Waals surface area (Å²) in [6.45, 7) is 3.83. The van der Waals surface area contributed by atoms with Gasteiger partial charge in [-0.2, -0.15) is 0 Å². The molecular formula is C71H135NO8. The van der Waals surface area contributed by atoms with Gasteiger partial charge in [0.1, 0.15) is 24.4 Å². The van der Waals surface area contributed by atoms with Gasteiger partial charge in [-0.15, -0.1) is 0 Å². The largest absolute Gasteiger partial charge is 0.394 e. The van der Waals surface area contributed by atoms with Crippen LogP contribution in [0.25, 0.3) is 0 Å². The first kappa shape index (κ1) is 76.4. The van der Waals surface area contributed by atoms with Crippen molar-refractivity contribution in [3.05, 3.63) is 36.5 Å². The van der Waals surface area contributed by atoms with E-state index in [1.54, 1.807) is 6.08 Å². The van der Waals surface area contributed by atoms with Crippen LogP contribution in [0, 0.1) is 0 Å². The van der Waals surface area contributed by atoms with Gasteiger partial charge in [0, 0.05) is 6.42 Å². The van der Waals surface area contributed by atoms with Crippen LogP contribution in [0.5, 0.6) is 0 Å². The molecule has 1 fully saturated rings. The van der Waals surface area contributed by atoms with Crippen LogP contribution < -0.4 is 5.32 Å². The molecule has 0 aromatic rings. The van der Waals surface area contributed by atoms with E-state index in [1.807, 2.05) is 6.08 Å². The Morgan fingerprint density at radius 3 is 1.07 bits per heavy atom. The van der Waals surface area contributed by atoms with Crippen LogP contribution in [0.15, 0.2) is 36.5 Å². The summed E-state index contributed by atoms with van der Waals surface area (Å²) in [6.07, 6.45) is 74.1. The Hall–Kier alpha value is -1.59. The van der Waals surface area contributed by atoms with E-state index in [9.17, 15) is 30.3 Å². The number of nitrogens with one attached hydrogen (secondary N) is 1. The second-order valence-corrected chi connectivity index (χ2v) is 24.7. The zero-order valence-corrected chi connectivity index (χ0v) is 52.9. The summed E-state index contributed by atoms with van der Waals surface area (Å²) in [4.78, 5) is 13.1. The number of carbonyl (C=O) groups is 1. The van der Waals surface area contributed by atoms with Crippen LogP contribution in [0.1, 0.15) is 354 Å². The van der Waals surface area contributed by atoms with Crippen molar-refractivity contribution in [3.8, 4) is 0 Å². The van der Waals surface area contributed by atoms with E-state index >= 15 is 0 Å². The third kappa shape index (κ3) is 48.7. The van der Waals surface area contributed by atoms with Crippen molar-refractivity contribution in [2.75, 3.05) is 13.2 Å². The predicted octanol–water partition coefficient (Wildman–Crippen LogP) is 19.0. The SMILES string of the molecule is CCCCCCCCCCCCCCCCC/C=C\C/C=C\CCCCCCCCCCCCCCCCCCCC(=O)NC(COC1OC(CO)C(O)C(O)C1O)C(O)/C=C/CCCCCCCCCCCCCCCCCC. The average molecular weight is 1130 g/mol. The third-order valence-electron chi connectivity index (χ3n) is 17.0. The first-order chi connectivity index (χ1) is 39.3. The average Bonchev–Trinajstić information content (AvgIpc) is 3.46. The van der Waals surface area contributed by atoms with E-state index in [-0.39, 0.29) is 12.5 Å². The zero-order valence-electron chi connectivity index (χ0n) is 52.9. The Morgan fingerprint density at radius 1 is 0.425 bits per heavy atom. The van der Waals surface area contributed by atoms with Gasteiger partial charge in [-0.3, -0.25) is 4.79 Å². The lowest BCUT2D eigenvalue weighted by Gasteiger charge is -2.40. The predicted molar refractivity (Wildman–Crippen MR) is 341 cm³/mol. The number of hydrogen-bond donors (Lipinski definition) is 6. The Labute approximate surface area is 495 Å². The van der Waals surface area contributed by atoms with E-state index in [1.165, 1.54) is 289 Å². The van der Waals surface area contributed by atoms with Crippen LogP contribution in [-0.2, 0) is 14.3 Å². The maximum Gasteiger partial charge on any atom is 0.220 e. The lowest BCUT2D eigenvalue weighted by atomic mass is 9.99. The summed E-state index contributed by atoms with van der Waals surface area (Å²) < 4.78 is 11.3. The number of carbonyl (C=O) groups excluding carboxylic acids is 1. The van der Waals surface area contributed by atoms with Crippen molar-refractivity contribution >= 4 is 5.91 Å². The number of hydrogen-bond acceptors (Lipinski definition) is 8. The molecule has 9 heteroatoms. The summed E-state index contributed by atoms with van der Waals surface area (Å²) in [5.41, 5.74) is 0. The minimum atomic E-state index is -1.57. The molecule has 0 saturated carbocycles. The van der Waals surface area contributed by atoms with Gasteiger partial charge >= 0.3 is 0 Å². The Bertz CT molecular complexity index is 1360. The minimum Gasteiger partial charge on any atom is -0.394 e. The van der Waals surface area contributed by atoms with Crippen molar-refractivity contribution in [2.24, 2.45) is 0 Å². The van der Waals surface area contributed by atoms with E-state index < -0.39 is 49.5 Å². The molecule has 0 aromatic carbocycles. The molecule has 1 rings (SSSR count). The molecule has 472 valence electrons. The van der Waals surface area contributed by atoms with Crippen LogP contribution in [0.2, 0.25) is 0 Å². The van der Waals surface area contributed by atoms with E-state index in [0.29, 0.717) is 6.42 Å². The molecule has 7 atom stereocenters. The summed E-state index contributed by atoms with van der Waals surface area (Å²) in [6, 6.07) is -0.805. The molecule has 0 radical (unpaired) electrons. The van der Waals surface area contributed by atoms with Gasteiger partial charge in [-0.25, -0.2) is 0 Å². The van der Waals surface area contributed by atoms with Gasteiger partial charge in [0.2, 0.25) is 5.91 Å². The molecule has 0 aliphatic carbocycles. The smallest absolute Gasteiger partial charge is 0.220 e. The lowest BCUT2D eigenvalue weighted by molar-refractivity contribution is -0.302. The Kier molecular flexibility index (Phi) is 57.8. The molecule has 1 aliphatic rings. The van der Waals surface area contributed by atoms with E-state index in [0.717, 1.165) is 44.9 Å². The highest BCUT2D eigenvalue weighted by Crippen LogP contribution is 2.23. The normalized spacial score (nSPS) is 18.6. The molecule has 1 aliphatic heterocycles. The van der Waals surface area contributed by atoms with Crippen molar-refractivity contribution < 1.29 is 39.8 Å². The second-order valence-electron chi connectivity index (χ2n) is 24.7. The number of aliphatic hydroxyl groups excluding tert-OH is 5. The molecule has 0 spiro atoms. The number of allylic oxidation sites excluding steroid dienone is 5. The van der Waals surface area contributed by atoms with Crippen LogP contribution in [0.4, 0.5) is 0 Å². The van der Waals surface area contributed by atoms with Crippen LogP contribution in [0.3, 0.4) is 0 Å². The maximum absolute atomic E-state index is 13.1.